The van der Waals surface area contributed by atoms with Gasteiger partial charge in [-0.05, 0) is 0 Å². The van der Waals surface area contributed by atoms with Crippen LogP contribution in [-0.2, 0) is 9.59 Å². The molecular weight excluding hydrogens is 184 g/mol. The predicted molar refractivity (Wildman–Crippen MR) is 53.4 cm³/mol. The Hall–Kier alpha value is -1.14. The molecule has 0 fully saturated rings. The Balaban J connectivity index is 3.41. The van der Waals surface area contributed by atoms with Gasteiger partial charge in [0.05, 0.1) is 0 Å². The van der Waals surface area contributed by atoms with Gasteiger partial charge in [-0.2, -0.15) is 0 Å². The molecule has 0 heterocycles. The maximum absolute atomic E-state index is 11.0. The predicted octanol–water partition coefficient (Wildman–Crippen LogP) is -2.08. The van der Waals surface area contributed by atoms with Crippen molar-refractivity contribution in [1.82, 2.24) is 10.6 Å². The van der Waals surface area contributed by atoms with Crippen molar-refractivity contribution in [1.29, 1.82) is 0 Å². The number of hydrogen-bond donors (Lipinski definition) is 4. The topological polar surface area (TPSA) is 110 Å². The van der Waals surface area contributed by atoms with Gasteiger partial charge in [-0.1, -0.05) is 0 Å². The lowest BCUT2D eigenvalue weighted by Gasteiger charge is -2.04. The molecule has 0 aromatic carbocycles. The van der Waals surface area contributed by atoms with Crippen molar-refractivity contribution >= 4 is 11.8 Å². The molecule has 0 saturated heterocycles. The lowest BCUT2D eigenvalue weighted by Crippen LogP contribution is -2.32. The largest absolute Gasteiger partial charge is 0.355 e. The zero-order valence-corrected chi connectivity index (χ0v) is 8.21. The van der Waals surface area contributed by atoms with Gasteiger partial charge in [-0.25, -0.2) is 0 Å². The van der Waals surface area contributed by atoms with Crippen LogP contribution in [0.25, 0.3) is 0 Å². The maximum Gasteiger partial charge on any atom is 0.220 e. The summed E-state index contributed by atoms with van der Waals surface area (Å²) >= 11 is 0. The molecule has 0 saturated carbocycles. The first-order valence-electron chi connectivity index (χ1n) is 4.64. The summed E-state index contributed by atoms with van der Waals surface area (Å²) in [7, 11) is 0. The van der Waals surface area contributed by atoms with Gasteiger partial charge < -0.3 is 22.1 Å². The highest BCUT2D eigenvalue weighted by Crippen LogP contribution is 1.88. The fourth-order valence-electron chi connectivity index (χ4n) is 0.827. The van der Waals surface area contributed by atoms with E-state index in [4.69, 9.17) is 11.5 Å². The van der Waals surface area contributed by atoms with Crippen LogP contribution in [0.2, 0.25) is 0 Å². The average Bonchev–Trinajstić information content (AvgIpc) is 2.20. The number of rotatable bonds is 7. The molecular formula is C8H18N4O2. The molecule has 0 spiro atoms. The molecule has 0 rings (SSSR count). The second kappa shape index (κ2) is 8.46. The van der Waals surface area contributed by atoms with Gasteiger partial charge in [-0.3, -0.25) is 9.59 Å². The Morgan fingerprint density at radius 1 is 0.857 bits per heavy atom. The Kier molecular flexibility index (Phi) is 7.77. The molecule has 0 unspecified atom stereocenters. The zero-order chi connectivity index (χ0) is 10.8. The summed E-state index contributed by atoms with van der Waals surface area (Å²) in [6.45, 7) is 1.71. The van der Waals surface area contributed by atoms with Crippen molar-refractivity contribution < 1.29 is 9.59 Å². The molecule has 82 valence electrons. The Labute approximate surface area is 83.4 Å². The quantitative estimate of drug-likeness (QED) is 0.379. The summed E-state index contributed by atoms with van der Waals surface area (Å²) in [5.74, 6) is -0.309. The van der Waals surface area contributed by atoms with Crippen LogP contribution >= 0.6 is 0 Å². The van der Waals surface area contributed by atoms with E-state index in [1.807, 2.05) is 0 Å². The average molecular weight is 202 g/mol. The van der Waals surface area contributed by atoms with E-state index >= 15 is 0 Å². The van der Waals surface area contributed by atoms with Crippen molar-refractivity contribution in [3.8, 4) is 0 Å². The standard InChI is InChI=1S/C8H18N4O2/c9-3-5-11-7(13)1-2-8(14)12-6-4-10/h1-6,9-10H2,(H,11,13)(H,12,14). The number of nitrogens with two attached hydrogens (primary N) is 2. The van der Waals surface area contributed by atoms with E-state index in [2.05, 4.69) is 10.6 Å². The van der Waals surface area contributed by atoms with Crippen molar-refractivity contribution in [2.75, 3.05) is 26.2 Å². The van der Waals surface area contributed by atoms with Crippen LogP contribution in [0.3, 0.4) is 0 Å². The molecule has 6 N–H and O–H groups in total. The molecule has 0 radical (unpaired) electrons. The van der Waals surface area contributed by atoms with Gasteiger partial charge in [0.1, 0.15) is 0 Å². The third kappa shape index (κ3) is 7.51. The van der Waals surface area contributed by atoms with Crippen LogP contribution in [0.4, 0.5) is 0 Å². The van der Waals surface area contributed by atoms with E-state index in [9.17, 15) is 9.59 Å². The third-order valence-corrected chi connectivity index (χ3v) is 1.51. The van der Waals surface area contributed by atoms with Crippen molar-refractivity contribution in [3.63, 3.8) is 0 Å². The number of carbonyl (C=O) groups is 2. The highest BCUT2D eigenvalue weighted by molar-refractivity contribution is 5.83. The van der Waals surface area contributed by atoms with E-state index in [0.29, 0.717) is 26.2 Å². The molecule has 6 nitrogen and oxygen atoms in total. The van der Waals surface area contributed by atoms with E-state index in [0.717, 1.165) is 0 Å². The highest BCUT2D eigenvalue weighted by Gasteiger charge is 2.04. The van der Waals surface area contributed by atoms with E-state index < -0.39 is 0 Å². The SMILES string of the molecule is NCCNC(=O)CCC(=O)NCCN. The Morgan fingerprint density at radius 2 is 1.21 bits per heavy atom. The minimum atomic E-state index is -0.154. The normalized spacial score (nSPS) is 9.57. The van der Waals surface area contributed by atoms with Crippen LogP contribution in [-0.4, -0.2) is 38.0 Å². The molecule has 2 amide bonds. The second-order valence-corrected chi connectivity index (χ2v) is 2.78. The van der Waals surface area contributed by atoms with Gasteiger partial charge >= 0.3 is 0 Å². The minimum absolute atomic E-state index is 0.154. The van der Waals surface area contributed by atoms with E-state index in [1.54, 1.807) is 0 Å². The Morgan fingerprint density at radius 3 is 1.50 bits per heavy atom. The molecule has 0 bridgehead atoms. The summed E-state index contributed by atoms with van der Waals surface area (Å²) in [4.78, 5) is 22.0. The number of nitrogens with one attached hydrogen (secondary N) is 2. The van der Waals surface area contributed by atoms with Gasteiger partial charge in [0, 0.05) is 39.0 Å². The van der Waals surface area contributed by atoms with Gasteiger partial charge in [0.15, 0.2) is 0 Å². The first-order valence-corrected chi connectivity index (χ1v) is 4.64. The third-order valence-electron chi connectivity index (χ3n) is 1.51. The van der Waals surface area contributed by atoms with Gasteiger partial charge in [0.2, 0.25) is 11.8 Å². The van der Waals surface area contributed by atoms with Crippen LogP contribution < -0.4 is 22.1 Å². The molecule has 0 aliphatic rings. The van der Waals surface area contributed by atoms with E-state index in [-0.39, 0.29) is 24.7 Å². The molecule has 6 heteroatoms. The van der Waals surface area contributed by atoms with Crippen LogP contribution in [0.5, 0.6) is 0 Å². The summed E-state index contributed by atoms with van der Waals surface area (Å²) in [5, 5.41) is 5.15. The van der Waals surface area contributed by atoms with Crippen LogP contribution in [0.1, 0.15) is 12.8 Å². The first kappa shape index (κ1) is 12.9. The molecule has 0 aromatic rings. The summed E-state index contributed by atoms with van der Waals surface area (Å²) in [6.07, 6.45) is 0.382. The fraction of sp³-hybridized carbons (Fsp3) is 0.750. The number of hydrogen-bond acceptors (Lipinski definition) is 4. The molecule has 0 atom stereocenters. The summed E-state index contributed by atoms with van der Waals surface area (Å²) in [5.41, 5.74) is 10.4. The smallest absolute Gasteiger partial charge is 0.220 e. The molecule has 0 aliphatic carbocycles. The van der Waals surface area contributed by atoms with Crippen molar-refractivity contribution in [2.24, 2.45) is 11.5 Å². The minimum Gasteiger partial charge on any atom is -0.355 e. The lowest BCUT2D eigenvalue weighted by atomic mass is 10.3. The zero-order valence-electron chi connectivity index (χ0n) is 8.21. The lowest BCUT2D eigenvalue weighted by molar-refractivity contribution is -0.126. The molecule has 0 aromatic heterocycles. The Bertz CT molecular complexity index is 164. The first-order chi connectivity index (χ1) is 6.70. The molecule has 14 heavy (non-hydrogen) atoms. The second-order valence-electron chi connectivity index (χ2n) is 2.78. The number of carbonyl (C=O) groups excluding carboxylic acids is 2. The fourth-order valence-corrected chi connectivity index (χ4v) is 0.827. The molecule has 0 aliphatic heterocycles. The van der Waals surface area contributed by atoms with Gasteiger partial charge in [0.25, 0.3) is 0 Å². The number of amides is 2. The van der Waals surface area contributed by atoms with E-state index in [1.165, 1.54) is 0 Å². The van der Waals surface area contributed by atoms with Crippen molar-refractivity contribution in [3.05, 3.63) is 0 Å². The summed E-state index contributed by atoms with van der Waals surface area (Å²) in [6, 6.07) is 0. The highest BCUT2D eigenvalue weighted by atomic mass is 16.2. The van der Waals surface area contributed by atoms with Crippen LogP contribution in [0, 0.1) is 0 Å². The van der Waals surface area contributed by atoms with Crippen LogP contribution in [0.15, 0.2) is 0 Å². The monoisotopic (exact) mass is 202 g/mol. The van der Waals surface area contributed by atoms with Crippen molar-refractivity contribution in [2.45, 2.75) is 12.8 Å². The van der Waals surface area contributed by atoms with Gasteiger partial charge in [-0.15, -0.1) is 0 Å². The summed E-state index contributed by atoms with van der Waals surface area (Å²) < 4.78 is 0. The maximum atomic E-state index is 11.0.